The first kappa shape index (κ1) is 33.7. The van der Waals surface area contributed by atoms with Gasteiger partial charge in [-0.25, -0.2) is 0 Å². The molecule has 0 amide bonds. The van der Waals surface area contributed by atoms with Gasteiger partial charge in [0.15, 0.2) is 5.90 Å². The fourth-order valence-electron chi connectivity index (χ4n) is 0.273. The number of nitrogens with zero attached hydrogens (tertiary/aromatic N) is 1. The highest BCUT2D eigenvalue weighted by atomic mass is 19.1. The fraction of sp³-hybridized carbons (Fsp3) is 0.800. The maximum absolute atomic E-state index is 10.1. The van der Waals surface area contributed by atoms with E-state index >= 15 is 0 Å². The minimum atomic E-state index is -2.67. The molecular weight excluding hydrogens is 337 g/mol. The van der Waals surface area contributed by atoms with E-state index in [1.165, 1.54) is 0 Å². The van der Waals surface area contributed by atoms with Crippen molar-refractivity contribution in [2.45, 2.75) is 13.8 Å². The molecule has 18 heteroatoms. The second-order valence-corrected chi connectivity index (χ2v) is 2.42. The predicted octanol–water partition coefficient (Wildman–Crippen LogP) is -3.23. The van der Waals surface area contributed by atoms with Gasteiger partial charge in [-0.2, -0.15) is 0 Å². The van der Waals surface area contributed by atoms with Crippen LogP contribution in [0.25, 0.3) is 0 Å². The van der Waals surface area contributed by atoms with Crippen molar-refractivity contribution < 1.29 is 62.2 Å². The highest BCUT2D eigenvalue weighted by Gasteiger charge is 1.98. The molecule has 0 aliphatic rings. The highest BCUT2D eigenvalue weighted by Crippen LogP contribution is 1.76. The number of aliphatic imine (C=N–C) groups is 1. The van der Waals surface area contributed by atoms with Gasteiger partial charge in [-0.3, -0.25) is 22.3 Å². The van der Waals surface area contributed by atoms with Crippen LogP contribution in [0.3, 0.4) is 0 Å². The monoisotopic (exact) mass is 357 g/mol. The number of halogens is 4. The van der Waals surface area contributed by atoms with Crippen LogP contribution in [0.1, 0.15) is 13.8 Å². The first-order valence-electron chi connectivity index (χ1n) is 5.31. The quantitative estimate of drug-likeness (QED) is 0.104. The summed E-state index contributed by atoms with van der Waals surface area (Å²) in [6, 6.07) is 0. The molecule has 0 radical (unpaired) electrons. The van der Waals surface area contributed by atoms with Crippen LogP contribution in [0.15, 0.2) is 4.99 Å². The Kier molecular flexibility index (Phi) is 42.7. The number of ether oxygens (including phenoxy) is 1. The van der Waals surface area contributed by atoms with E-state index in [2.05, 4.69) is 4.99 Å². The van der Waals surface area contributed by atoms with E-state index in [0.29, 0.717) is 6.61 Å². The van der Waals surface area contributed by atoms with E-state index in [9.17, 15) is 17.3 Å². The summed E-state index contributed by atoms with van der Waals surface area (Å²) in [5, 5.41) is 55.6. The van der Waals surface area contributed by atoms with Crippen LogP contribution in [0.4, 0.5) is 17.3 Å². The zero-order valence-corrected chi connectivity index (χ0v) is 12.5. The Morgan fingerprint density at radius 1 is 0.783 bits per heavy atom. The highest BCUT2D eigenvalue weighted by molar-refractivity contribution is 6.32. The molecule has 0 atom stereocenters. The van der Waals surface area contributed by atoms with Crippen molar-refractivity contribution in [3.05, 3.63) is 0 Å². The molecule has 0 rings (SSSR count). The van der Waals surface area contributed by atoms with Crippen LogP contribution < -0.4 is 0 Å². The third-order valence-electron chi connectivity index (χ3n) is 0.668. The van der Waals surface area contributed by atoms with Gasteiger partial charge in [-0.15, -0.1) is 0 Å². The van der Waals surface area contributed by atoms with Gasteiger partial charge in [0.05, 0.1) is 6.61 Å². The molecule has 0 aromatic heterocycles. The van der Waals surface area contributed by atoms with Gasteiger partial charge in [0.1, 0.15) is 0 Å². The van der Waals surface area contributed by atoms with E-state index in [-0.39, 0.29) is 0 Å². The number of rotatable bonds is 1. The summed E-state index contributed by atoms with van der Waals surface area (Å²) in [4.78, 5) is 3.77. The minimum Gasteiger partial charge on any atom is -0.482 e. The van der Waals surface area contributed by atoms with Crippen molar-refractivity contribution in [2.75, 3.05) is 13.7 Å². The van der Waals surface area contributed by atoms with Gasteiger partial charge in [-0.1, -0.05) is 0 Å². The Balaban J connectivity index is -0.0000000604. The lowest BCUT2D eigenvalue weighted by Gasteiger charge is -1.96. The van der Waals surface area contributed by atoms with E-state index in [4.69, 9.17) is 44.9 Å². The van der Waals surface area contributed by atoms with Gasteiger partial charge >= 0.3 is 29.6 Å². The van der Waals surface area contributed by atoms with Gasteiger partial charge in [-0.05, 0) is 6.92 Å². The summed E-state index contributed by atoms with van der Waals surface area (Å²) in [7, 11) is -8.95. The summed E-state index contributed by atoms with van der Waals surface area (Å²) in [5.74, 6) is 0.752. The summed E-state index contributed by atoms with van der Waals surface area (Å²) in [6.07, 6.45) is 0. The topological polar surface area (TPSA) is 183 Å². The Morgan fingerprint density at radius 2 is 0.957 bits per heavy atom. The van der Waals surface area contributed by atoms with Crippen molar-refractivity contribution in [3.8, 4) is 0 Å². The lowest BCUT2D eigenvalue weighted by Crippen LogP contribution is -1.98. The average molecular weight is 356 g/mol. The molecule has 23 heavy (non-hydrogen) atoms. The second kappa shape index (κ2) is 29.2. The van der Waals surface area contributed by atoms with Crippen molar-refractivity contribution in [3.63, 3.8) is 0 Å². The Morgan fingerprint density at radius 3 is 1.00 bits per heavy atom. The lowest BCUT2D eigenvalue weighted by atomic mass is 10.3. The first-order valence-corrected chi connectivity index (χ1v) is 5.31. The van der Waals surface area contributed by atoms with E-state index < -0.39 is 29.6 Å². The van der Waals surface area contributed by atoms with E-state index in [0.717, 1.165) is 5.90 Å². The lowest BCUT2D eigenvalue weighted by molar-refractivity contribution is 0.324. The zero-order chi connectivity index (χ0) is 20.0. The summed E-state index contributed by atoms with van der Waals surface area (Å²) in [6.45, 7) is 4.49. The number of hydrogen-bond donors (Lipinski definition) is 8. The molecule has 138 valence electrons. The molecule has 0 saturated heterocycles. The van der Waals surface area contributed by atoms with E-state index in [1.54, 1.807) is 7.05 Å². The van der Waals surface area contributed by atoms with Crippen LogP contribution in [0.5, 0.6) is 0 Å². The maximum Gasteiger partial charge on any atom is 0.674 e. The number of hydrogen-bond acceptors (Lipinski definition) is 10. The van der Waals surface area contributed by atoms with Crippen LogP contribution in [0.2, 0.25) is 0 Å². The minimum absolute atomic E-state index is 0.711. The van der Waals surface area contributed by atoms with Gasteiger partial charge in [0.2, 0.25) is 0 Å². The summed E-state index contributed by atoms with van der Waals surface area (Å²) in [5.41, 5.74) is 0. The molecule has 0 bridgehead atoms. The van der Waals surface area contributed by atoms with Gasteiger partial charge in [0, 0.05) is 14.0 Å². The molecule has 8 N–H and O–H groups in total. The molecule has 0 aromatic rings. The second-order valence-electron chi connectivity index (χ2n) is 2.42. The standard InChI is InChI=1S/C5H11NO.4BFH2O2/c1-4-7-5(2)6-3;4*2-1(3)4/h4H2,1-3H3;4*3-4H. The molecule has 0 aliphatic carbocycles. The van der Waals surface area contributed by atoms with Crippen LogP contribution in [-0.4, -0.2) is 89.3 Å². The summed E-state index contributed by atoms with van der Waals surface area (Å²) < 4.78 is 45.4. The third-order valence-corrected chi connectivity index (χ3v) is 0.668. The molecule has 0 heterocycles. The SMILES string of the molecule is CCOC(C)=NC.OB(O)F.OB(O)F.OB(O)F.OB(O)F. The first-order chi connectivity index (χ1) is 10.2. The van der Waals surface area contributed by atoms with Crippen molar-refractivity contribution >= 4 is 35.5 Å². The van der Waals surface area contributed by atoms with Crippen LogP contribution in [-0.2, 0) is 4.74 Å². The molecule has 0 fully saturated rings. The van der Waals surface area contributed by atoms with Crippen molar-refractivity contribution in [1.29, 1.82) is 0 Å². The molecule has 0 spiro atoms. The van der Waals surface area contributed by atoms with E-state index in [1.807, 2.05) is 13.8 Å². The zero-order valence-electron chi connectivity index (χ0n) is 12.5. The van der Waals surface area contributed by atoms with Crippen molar-refractivity contribution in [2.24, 2.45) is 4.99 Å². The Bertz CT molecular complexity index is 195. The maximum atomic E-state index is 10.1. The molecule has 0 unspecified atom stereocenters. The molecule has 0 saturated carbocycles. The van der Waals surface area contributed by atoms with Crippen LogP contribution >= 0.6 is 0 Å². The average Bonchev–Trinajstić information content (AvgIpc) is 2.26. The summed E-state index contributed by atoms with van der Waals surface area (Å²) >= 11 is 0. The largest absolute Gasteiger partial charge is 0.674 e. The van der Waals surface area contributed by atoms with Gasteiger partial charge < -0.3 is 44.9 Å². The van der Waals surface area contributed by atoms with Crippen LogP contribution in [0, 0.1) is 0 Å². The molecule has 0 aliphatic heterocycles. The predicted molar refractivity (Wildman–Crippen MR) is 75.9 cm³/mol. The van der Waals surface area contributed by atoms with Crippen molar-refractivity contribution in [1.82, 2.24) is 0 Å². The Hall–Kier alpha value is -0.870. The molecule has 0 aromatic carbocycles. The Labute approximate surface area is 131 Å². The molecule has 10 nitrogen and oxygen atoms in total. The molecular formula is C5H19B4F4NO9. The normalized spacial score (nSPS) is 8.22. The third kappa shape index (κ3) is 453. The van der Waals surface area contributed by atoms with Gasteiger partial charge in [0.25, 0.3) is 0 Å². The fourth-order valence-corrected chi connectivity index (χ4v) is 0.273. The smallest absolute Gasteiger partial charge is 0.482 e.